The molecule has 0 aromatic rings. The minimum absolute atomic E-state index is 0.0484. The molecule has 0 aromatic carbocycles. The van der Waals surface area contributed by atoms with Gasteiger partial charge in [-0.25, -0.2) is 4.79 Å². The van der Waals surface area contributed by atoms with Crippen LogP contribution >= 0.6 is 0 Å². The summed E-state index contributed by atoms with van der Waals surface area (Å²) in [4.78, 5) is 51.2. The topological polar surface area (TPSA) is 175 Å². The zero-order valence-corrected chi connectivity index (χ0v) is 51.0. The van der Waals surface area contributed by atoms with Crippen LogP contribution in [0.15, 0.2) is 97.2 Å². The zero-order valence-electron chi connectivity index (χ0n) is 51.0. The molecule has 12 nitrogen and oxygen atoms in total. The Labute approximate surface area is 492 Å². The van der Waals surface area contributed by atoms with Gasteiger partial charge >= 0.3 is 23.9 Å². The number of rotatable bonds is 54. The number of carboxylic acids is 1. The molecular weight excluding hydrogens is 1020 g/mol. The van der Waals surface area contributed by atoms with E-state index in [0.717, 1.165) is 103 Å². The minimum atomic E-state index is -1.92. The predicted octanol–water partition coefficient (Wildman–Crippen LogP) is 17.2. The molecule has 3 N–H and O–H groups in total. The molecular formula is C69H114O12. The van der Waals surface area contributed by atoms with E-state index < -0.39 is 67.3 Å². The normalized spacial score (nSPS) is 18.4. The Morgan fingerprint density at radius 1 is 0.432 bits per heavy atom. The Morgan fingerprint density at radius 3 is 1.27 bits per heavy atom. The lowest BCUT2D eigenvalue weighted by molar-refractivity contribution is -0.301. The summed E-state index contributed by atoms with van der Waals surface area (Å²) in [6.07, 6.45) is 62.5. The van der Waals surface area contributed by atoms with Gasteiger partial charge in [-0.15, -0.1) is 0 Å². The Kier molecular flexibility index (Phi) is 51.7. The number of hydrogen-bond acceptors (Lipinski definition) is 11. The smallest absolute Gasteiger partial charge is 0.335 e. The standard InChI is InChI=1S/C69H114O12/c1-4-7-10-13-16-19-22-25-28-30-31-33-35-37-40-43-46-49-52-55-61(70)77-58-60(79-62(71)56-53-50-47-44-41-38-34-27-24-21-18-15-12-9-6-3)59-78-69-67(65(74)64(73)66(81-69)68(75)76)80-63(72)57-54-51-48-45-42-39-36-32-29-26-23-20-17-14-11-8-5-2/h9,12,16,18-19,21,25,27-28,31,33-34,41,44,50,53,60,64-67,69,73-74H,4-8,10-11,13-15,17,20,22-24,26,29-30,32,35-40,42-43,45-49,51-52,54-59H2,1-3H3,(H,75,76)/b12-9-,19-16-,21-18-,28-25-,33-31-,34-27-,44-41-,53-50-. The van der Waals surface area contributed by atoms with E-state index in [1.165, 1.54) is 103 Å². The van der Waals surface area contributed by atoms with Crippen molar-refractivity contribution < 1.29 is 58.2 Å². The fraction of sp³-hybridized carbons (Fsp3) is 0.710. The molecule has 1 saturated heterocycles. The quantitative estimate of drug-likeness (QED) is 0.0228. The number of carboxylic acid groups (broad SMARTS) is 1. The maximum atomic E-state index is 13.1. The van der Waals surface area contributed by atoms with Crippen molar-refractivity contribution in [2.75, 3.05) is 13.2 Å². The Morgan fingerprint density at radius 2 is 0.815 bits per heavy atom. The molecule has 0 radical (unpaired) electrons. The molecule has 1 rings (SSSR count). The van der Waals surface area contributed by atoms with Crippen LogP contribution in [-0.2, 0) is 42.9 Å². The SMILES string of the molecule is CC/C=C\C/C=C\C/C=C\C/C=C\C/C=C\CC(=O)OC(COC(=O)CCCCCCCC/C=C\C/C=C\C/C=C\CCCCC)COC1OC(C(=O)O)C(O)C(O)C1OC(=O)CCCCCCCCCCCCCCCCCCC. The molecule has 12 heteroatoms. The van der Waals surface area contributed by atoms with Crippen LogP contribution in [0, 0.1) is 0 Å². The van der Waals surface area contributed by atoms with E-state index in [1.807, 2.05) is 12.2 Å². The maximum Gasteiger partial charge on any atom is 0.335 e. The summed E-state index contributed by atoms with van der Waals surface area (Å²) in [5.41, 5.74) is 0. The lowest BCUT2D eigenvalue weighted by atomic mass is 9.98. The monoisotopic (exact) mass is 1130 g/mol. The average Bonchev–Trinajstić information content (AvgIpc) is 3.53. The van der Waals surface area contributed by atoms with Crippen LogP contribution < -0.4 is 0 Å². The molecule has 6 unspecified atom stereocenters. The molecule has 1 fully saturated rings. The molecule has 1 aliphatic rings. The second-order valence-corrected chi connectivity index (χ2v) is 21.7. The molecule has 6 atom stereocenters. The van der Waals surface area contributed by atoms with Crippen molar-refractivity contribution in [2.24, 2.45) is 0 Å². The summed E-state index contributed by atoms with van der Waals surface area (Å²) >= 11 is 0. The van der Waals surface area contributed by atoms with Gasteiger partial charge in [-0.3, -0.25) is 14.4 Å². The van der Waals surface area contributed by atoms with Crippen LogP contribution in [0.5, 0.6) is 0 Å². The van der Waals surface area contributed by atoms with Gasteiger partial charge in [-0.1, -0.05) is 259 Å². The van der Waals surface area contributed by atoms with Crippen molar-refractivity contribution in [2.45, 2.75) is 302 Å². The van der Waals surface area contributed by atoms with Crippen LogP contribution in [0.4, 0.5) is 0 Å². The second kappa shape index (κ2) is 56.1. The maximum absolute atomic E-state index is 13.1. The van der Waals surface area contributed by atoms with Gasteiger partial charge in [0.05, 0.1) is 13.0 Å². The number of allylic oxidation sites excluding steroid dienone is 15. The van der Waals surface area contributed by atoms with Crippen molar-refractivity contribution >= 4 is 23.9 Å². The summed E-state index contributed by atoms with van der Waals surface area (Å²) < 4.78 is 28.4. The van der Waals surface area contributed by atoms with E-state index in [0.29, 0.717) is 19.3 Å². The lowest BCUT2D eigenvalue weighted by Gasteiger charge is -2.40. The molecule has 0 aliphatic carbocycles. The summed E-state index contributed by atoms with van der Waals surface area (Å²) in [5.74, 6) is -3.30. The summed E-state index contributed by atoms with van der Waals surface area (Å²) in [7, 11) is 0. The fourth-order valence-electron chi connectivity index (χ4n) is 9.27. The number of esters is 3. The molecule has 0 aromatic heterocycles. The van der Waals surface area contributed by atoms with E-state index in [-0.39, 0.29) is 25.9 Å². The first-order valence-electron chi connectivity index (χ1n) is 32.2. The van der Waals surface area contributed by atoms with Gasteiger partial charge in [-0.2, -0.15) is 0 Å². The number of unbranched alkanes of at least 4 members (excludes halogenated alkanes) is 25. The molecule has 0 saturated carbocycles. The number of carbonyl (C=O) groups excluding carboxylic acids is 3. The first-order chi connectivity index (χ1) is 39.6. The van der Waals surface area contributed by atoms with Crippen LogP contribution in [0.3, 0.4) is 0 Å². The van der Waals surface area contributed by atoms with Crippen LogP contribution in [0.25, 0.3) is 0 Å². The van der Waals surface area contributed by atoms with E-state index in [2.05, 4.69) is 99.8 Å². The molecule has 1 aliphatic heterocycles. The van der Waals surface area contributed by atoms with Crippen LogP contribution in [0.2, 0.25) is 0 Å². The average molecular weight is 1140 g/mol. The summed E-state index contributed by atoms with van der Waals surface area (Å²) in [6, 6.07) is 0. The highest BCUT2D eigenvalue weighted by molar-refractivity contribution is 5.74. The number of aliphatic hydroxyl groups excluding tert-OH is 2. The van der Waals surface area contributed by atoms with Gasteiger partial charge in [-0.05, 0) is 83.5 Å². The molecule has 0 bridgehead atoms. The fourth-order valence-corrected chi connectivity index (χ4v) is 9.27. The molecule has 0 spiro atoms. The molecule has 462 valence electrons. The lowest BCUT2D eigenvalue weighted by Crippen LogP contribution is -2.61. The minimum Gasteiger partial charge on any atom is -0.479 e. The Balaban J connectivity index is 2.71. The van der Waals surface area contributed by atoms with E-state index in [1.54, 1.807) is 6.08 Å². The van der Waals surface area contributed by atoms with Crippen molar-refractivity contribution in [1.82, 2.24) is 0 Å². The first kappa shape index (κ1) is 74.7. The van der Waals surface area contributed by atoms with Gasteiger partial charge < -0.3 is 39.0 Å². The second-order valence-electron chi connectivity index (χ2n) is 21.7. The third-order valence-electron chi connectivity index (χ3n) is 14.2. The van der Waals surface area contributed by atoms with Crippen molar-refractivity contribution in [3.63, 3.8) is 0 Å². The van der Waals surface area contributed by atoms with Crippen molar-refractivity contribution in [3.8, 4) is 0 Å². The summed E-state index contributed by atoms with van der Waals surface area (Å²) in [6.45, 7) is 5.78. The van der Waals surface area contributed by atoms with E-state index in [9.17, 15) is 34.5 Å². The van der Waals surface area contributed by atoms with E-state index >= 15 is 0 Å². The predicted molar refractivity (Wildman–Crippen MR) is 331 cm³/mol. The Bertz CT molecular complexity index is 1780. The van der Waals surface area contributed by atoms with E-state index in [4.69, 9.17) is 23.7 Å². The highest BCUT2D eigenvalue weighted by Crippen LogP contribution is 2.26. The van der Waals surface area contributed by atoms with Gasteiger partial charge in [0.2, 0.25) is 0 Å². The molecule has 1 heterocycles. The van der Waals surface area contributed by atoms with Crippen LogP contribution in [0.1, 0.15) is 265 Å². The Hall–Kier alpha value is -4.36. The largest absolute Gasteiger partial charge is 0.479 e. The highest BCUT2D eigenvalue weighted by atomic mass is 16.7. The van der Waals surface area contributed by atoms with Crippen LogP contribution in [-0.4, -0.2) is 89.2 Å². The number of carbonyl (C=O) groups is 4. The van der Waals surface area contributed by atoms with Gasteiger partial charge in [0, 0.05) is 12.8 Å². The molecule has 0 amide bonds. The first-order valence-corrected chi connectivity index (χ1v) is 32.2. The number of hydrogen-bond donors (Lipinski definition) is 3. The third-order valence-corrected chi connectivity index (χ3v) is 14.2. The van der Waals surface area contributed by atoms with Gasteiger partial charge in [0.1, 0.15) is 18.8 Å². The molecule has 81 heavy (non-hydrogen) atoms. The number of aliphatic hydroxyl groups is 2. The third kappa shape index (κ3) is 45.8. The zero-order chi connectivity index (χ0) is 58.9. The number of aliphatic carboxylic acids is 1. The summed E-state index contributed by atoms with van der Waals surface area (Å²) in [5, 5.41) is 31.6. The van der Waals surface area contributed by atoms with Crippen molar-refractivity contribution in [3.05, 3.63) is 97.2 Å². The van der Waals surface area contributed by atoms with Gasteiger partial charge in [0.25, 0.3) is 0 Å². The van der Waals surface area contributed by atoms with Gasteiger partial charge in [0.15, 0.2) is 24.6 Å². The highest BCUT2D eigenvalue weighted by Gasteiger charge is 2.50. The van der Waals surface area contributed by atoms with Crippen molar-refractivity contribution in [1.29, 1.82) is 0 Å². The number of ether oxygens (including phenoxy) is 5.